The van der Waals surface area contributed by atoms with Gasteiger partial charge in [0.2, 0.25) is 0 Å². The molecule has 0 bridgehead atoms. The number of ether oxygens (including phenoxy) is 2. The standard InChI is InChI=1S/C12H20O2/c1-4-5-6-10-7-8-11(13-2)12(9-10)14-3/h8-10H,4-7H2,1-3H3. The van der Waals surface area contributed by atoms with E-state index in [1.165, 1.54) is 19.3 Å². The maximum atomic E-state index is 5.27. The lowest BCUT2D eigenvalue weighted by Crippen LogP contribution is -2.07. The van der Waals surface area contributed by atoms with E-state index in [0.29, 0.717) is 5.92 Å². The van der Waals surface area contributed by atoms with Crippen LogP contribution in [0.1, 0.15) is 32.6 Å². The summed E-state index contributed by atoms with van der Waals surface area (Å²) < 4.78 is 10.5. The fourth-order valence-corrected chi connectivity index (χ4v) is 1.74. The van der Waals surface area contributed by atoms with E-state index in [4.69, 9.17) is 9.47 Å². The van der Waals surface area contributed by atoms with Crippen molar-refractivity contribution in [2.45, 2.75) is 32.6 Å². The van der Waals surface area contributed by atoms with Gasteiger partial charge in [-0.2, -0.15) is 0 Å². The maximum Gasteiger partial charge on any atom is 0.156 e. The first-order valence-corrected chi connectivity index (χ1v) is 5.32. The molecule has 0 saturated carbocycles. The molecule has 1 aliphatic carbocycles. The van der Waals surface area contributed by atoms with Gasteiger partial charge in [0.25, 0.3) is 0 Å². The predicted molar refractivity (Wildman–Crippen MR) is 57.8 cm³/mol. The van der Waals surface area contributed by atoms with Gasteiger partial charge in [0.05, 0.1) is 14.2 Å². The van der Waals surface area contributed by atoms with Gasteiger partial charge in [0.15, 0.2) is 11.5 Å². The molecule has 2 heteroatoms. The second-order valence-electron chi connectivity index (χ2n) is 3.65. The van der Waals surface area contributed by atoms with Crippen molar-refractivity contribution in [1.82, 2.24) is 0 Å². The number of methoxy groups -OCH3 is 2. The van der Waals surface area contributed by atoms with Crippen molar-refractivity contribution in [2.24, 2.45) is 5.92 Å². The minimum atomic E-state index is 0.629. The maximum absolute atomic E-state index is 5.27. The molecule has 0 amide bonds. The van der Waals surface area contributed by atoms with Crippen molar-refractivity contribution >= 4 is 0 Å². The molecule has 0 heterocycles. The summed E-state index contributed by atoms with van der Waals surface area (Å²) in [6.07, 6.45) is 9.18. The average molecular weight is 196 g/mol. The molecule has 0 aromatic carbocycles. The Kier molecular flexibility index (Phi) is 4.57. The van der Waals surface area contributed by atoms with Crippen molar-refractivity contribution < 1.29 is 9.47 Å². The van der Waals surface area contributed by atoms with Crippen LogP contribution < -0.4 is 0 Å². The Bertz CT molecular complexity index is 228. The summed E-state index contributed by atoms with van der Waals surface area (Å²) in [5.41, 5.74) is 0. The minimum absolute atomic E-state index is 0.629. The Morgan fingerprint density at radius 2 is 2.00 bits per heavy atom. The molecule has 0 aliphatic heterocycles. The molecule has 1 unspecified atom stereocenters. The van der Waals surface area contributed by atoms with Gasteiger partial charge in [-0.25, -0.2) is 0 Å². The molecule has 0 fully saturated rings. The third kappa shape index (κ3) is 2.79. The van der Waals surface area contributed by atoms with E-state index in [0.717, 1.165) is 17.9 Å². The van der Waals surface area contributed by atoms with Crippen molar-refractivity contribution in [1.29, 1.82) is 0 Å². The molecule has 1 atom stereocenters. The number of unbranched alkanes of at least 4 members (excludes halogenated alkanes) is 1. The number of allylic oxidation sites excluding steroid dienone is 2. The van der Waals surface area contributed by atoms with E-state index in [1.54, 1.807) is 14.2 Å². The van der Waals surface area contributed by atoms with Gasteiger partial charge >= 0.3 is 0 Å². The van der Waals surface area contributed by atoms with Crippen LogP contribution in [0.3, 0.4) is 0 Å². The summed E-state index contributed by atoms with van der Waals surface area (Å²) in [4.78, 5) is 0. The van der Waals surface area contributed by atoms with Crippen molar-refractivity contribution in [3.8, 4) is 0 Å². The lowest BCUT2D eigenvalue weighted by Gasteiger charge is -2.19. The molecule has 0 radical (unpaired) electrons. The molecule has 0 aromatic rings. The quantitative estimate of drug-likeness (QED) is 0.672. The lowest BCUT2D eigenvalue weighted by atomic mass is 9.93. The fraction of sp³-hybridized carbons (Fsp3) is 0.667. The SMILES string of the molecule is CCCCC1C=C(OC)C(OC)=CC1. The van der Waals surface area contributed by atoms with E-state index in [9.17, 15) is 0 Å². The zero-order valence-electron chi connectivity index (χ0n) is 9.38. The van der Waals surface area contributed by atoms with Crippen LogP contribution in [-0.2, 0) is 9.47 Å². The van der Waals surface area contributed by atoms with Crippen LogP contribution in [0.2, 0.25) is 0 Å². The van der Waals surface area contributed by atoms with Crippen LogP contribution in [0.15, 0.2) is 23.7 Å². The van der Waals surface area contributed by atoms with Gasteiger partial charge in [0, 0.05) is 0 Å². The molecule has 1 rings (SSSR count). The summed E-state index contributed by atoms with van der Waals surface area (Å²) in [6, 6.07) is 0. The Morgan fingerprint density at radius 1 is 1.29 bits per heavy atom. The normalized spacial score (nSPS) is 21.2. The second-order valence-corrected chi connectivity index (χ2v) is 3.65. The summed E-state index contributed by atoms with van der Waals surface area (Å²) in [7, 11) is 3.38. The van der Waals surface area contributed by atoms with E-state index in [1.807, 2.05) is 0 Å². The third-order valence-electron chi connectivity index (χ3n) is 2.60. The highest BCUT2D eigenvalue weighted by Crippen LogP contribution is 2.26. The number of hydrogen-bond acceptors (Lipinski definition) is 2. The van der Waals surface area contributed by atoms with Gasteiger partial charge < -0.3 is 9.47 Å². The van der Waals surface area contributed by atoms with Crippen LogP contribution >= 0.6 is 0 Å². The first kappa shape index (κ1) is 11.2. The van der Waals surface area contributed by atoms with Gasteiger partial charge in [-0.15, -0.1) is 0 Å². The summed E-state index contributed by atoms with van der Waals surface area (Å²) in [5, 5.41) is 0. The van der Waals surface area contributed by atoms with Crippen LogP contribution in [0, 0.1) is 5.92 Å². The Balaban J connectivity index is 2.54. The Morgan fingerprint density at radius 3 is 2.57 bits per heavy atom. The molecule has 0 spiro atoms. The summed E-state index contributed by atoms with van der Waals surface area (Å²) in [6.45, 7) is 2.22. The van der Waals surface area contributed by atoms with E-state index >= 15 is 0 Å². The molecular weight excluding hydrogens is 176 g/mol. The first-order chi connectivity index (χ1) is 6.81. The molecule has 1 aliphatic rings. The van der Waals surface area contributed by atoms with Gasteiger partial charge in [-0.05, 0) is 30.9 Å². The number of hydrogen-bond donors (Lipinski definition) is 0. The van der Waals surface area contributed by atoms with E-state index in [-0.39, 0.29) is 0 Å². The average Bonchev–Trinajstić information content (AvgIpc) is 2.25. The second kappa shape index (κ2) is 5.74. The van der Waals surface area contributed by atoms with Crippen LogP contribution in [0.25, 0.3) is 0 Å². The Hall–Kier alpha value is -0.920. The molecular formula is C12H20O2. The van der Waals surface area contributed by atoms with Gasteiger partial charge in [-0.3, -0.25) is 0 Å². The zero-order chi connectivity index (χ0) is 10.4. The van der Waals surface area contributed by atoms with E-state index < -0.39 is 0 Å². The van der Waals surface area contributed by atoms with Gasteiger partial charge in [-0.1, -0.05) is 19.8 Å². The smallest absolute Gasteiger partial charge is 0.156 e. The highest BCUT2D eigenvalue weighted by atomic mass is 16.5. The number of rotatable bonds is 5. The molecule has 14 heavy (non-hydrogen) atoms. The Labute approximate surface area is 86.6 Å². The molecule has 0 N–H and O–H groups in total. The van der Waals surface area contributed by atoms with Crippen LogP contribution in [0.4, 0.5) is 0 Å². The molecule has 0 saturated heterocycles. The minimum Gasteiger partial charge on any atom is -0.493 e. The lowest BCUT2D eigenvalue weighted by molar-refractivity contribution is 0.211. The van der Waals surface area contributed by atoms with Crippen LogP contribution in [0.5, 0.6) is 0 Å². The van der Waals surface area contributed by atoms with Crippen LogP contribution in [-0.4, -0.2) is 14.2 Å². The van der Waals surface area contributed by atoms with Gasteiger partial charge in [0.1, 0.15) is 0 Å². The van der Waals surface area contributed by atoms with Crippen molar-refractivity contribution in [3.05, 3.63) is 23.7 Å². The first-order valence-electron chi connectivity index (χ1n) is 5.32. The molecule has 2 nitrogen and oxygen atoms in total. The fourth-order valence-electron chi connectivity index (χ4n) is 1.74. The largest absolute Gasteiger partial charge is 0.493 e. The third-order valence-corrected chi connectivity index (χ3v) is 2.60. The topological polar surface area (TPSA) is 18.5 Å². The summed E-state index contributed by atoms with van der Waals surface area (Å²) in [5.74, 6) is 2.39. The predicted octanol–water partition coefficient (Wildman–Crippen LogP) is 3.26. The zero-order valence-corrected chi connectivity index (χ0v) is 9.38. The van der Waals surface area contributed by atoms with E-state index in [2.05, 4.69) is 19.1 Å². The highest BCUT2D eigenvalue weighted by Gasteiger charge is 2.16. The summed E-state index contributed by atoms with van der Waals surface area (Å²) >= 11 is 0. The molecule has 80 valence electrons. The van der Waals surface area contributed by atoms with Crippen molar-refractivity contribution in [2.75, 3.05) is 14.2 Å². The molecule has 0 aromatic heterocycles. The highest BCUT2D eigenvalue weighted by molar-refractivity contribution is 5.25. The monoisotopic (exact) mass is 196 g/mol. The van der Waals surface area contributed by atoms with Crippen molar-refractivity contribution in [3.63, 3.8) is 0 Å².